The fourth-order valence-electron chi connectivity index (χ4n) is 5.08. The number of aliphatic imine (C=N–C) groups is 1. The number of nitrogens with zero attached hydrogens (tertiary/aromatic N) is 3. The number of aromatic nitrogens is 1. The highest BCUT2D eigenvalue weighted by Gasteiger charge is 2.59. The highest BCUT2D eigenvalue weighted by molar-refractivity contribution is 5.80. The Morgan fingerprint density at radius 1 is 1.26 bits per heavy atom. The summed E-state index contributed by atoms with van der Waals surface area (Å²) >= 11 is 0. The van der Waals surface area contributed by atoms with Gasteiger partial charge in [-0.2, -0.15) is 0 Å². The van der Waals surface area contributed by atoms with Gasteiger partial charge in [-0.15, -0.1) is 0 Å². The second-order valence-electron chi connectivity index (χ2n) is 8.78. The van der Waals surface area contributed by atoms with E-state index in [2.05, 4.69) is 51.5 Å². The standard InChI is InChI=1S/C21H33N5O/c1-21(2)18(17-9-13-27-19(17)21)25-20(22-3)24-15-7-11-26(12-8-15)14-16-6-4-5-10-23-16/h4-6,10,15,17-19H,7-9,11-14H2,1-3H3,(H2,22,24,25). The molecule has 6 heteroatoms. The van der Waals surface area contributed by atoms with Gasteiger partial charge in [0.25, 0.3) is 0 Å². The van der Waals surface area contributed by atoms with Crippen LogP contribution in [-0.2, 0) is 11.3 Å². The predicted octanol–water partition coefficient (Wildman–Crippen LogP) is 2.02. The molecule has 0 spiro atoms. The lowest BCUT2D eigenvalue weighted by molar-refractivity contribution is -0.106. The van der Waals surface area contributed by atoms with E-state index in [-0.39, 0.29) is 5.41 Å². The Bertz CT molecular complexity index is 654. The molecule has 1 aliphatic carbocycles. The number of pyridine rings is 1. The predicted molar refractivity (Wildman–Crippen MR) is 108 cm³/mol. The third kappa shape index (κ3) is 3.83. The van der Waals surface area contributed by atoms with Crippen molar-refractivity contribution in [2.75, 3.05) is 26.7 Å². The lowest BCUT2D eigenvalue weighted by Gasteiger charge is -2.55. The third-order valence-electron chi connectivity index (χ3n) is 6.66. The van der Waals surface area contributed by atoms with E-state index >= 15 is 0 Å². The van der Waals surface area contributed by atoms with Crippen LogP contribution in [0.5, 0.6) is 0 Å². The minimum atomic E-state index is 0.171. The summed E-state index contributed by atoms with van der Waals surface area (Å²) in [4.78, 5) is 11.4. The van der Waals surface area contributed by atoms with E-state index in [1.807, 2.05) is 19.3 Å². The summed E-state index contributed by atoms with van der Waals surface area (Å²) in [5.41, 5.74) is 1.33. The van der Waals surface area contributed by atoms with Gasteiger partial charge in [0.1, 0.15) is 0 Å². The summed E-state index contributed by atoms with van der Waals surface area (Å²) in [6, 6.07) is 7.07. The molecule has 1 aromatic rings. The molecular formula is C21H33N5O. The first-order valence-corrected chi connectivity index (χ1v) is 10.3. The number of hydrogen-bond acceptors (Lipinski definition) is 4. The maximum atomic E-state index is 5.91. The van der Waals surface area contributed by atoms with Crippen LogP contribution >= 0.6 is 0 Å². The molecule has 4 rings (SSSR count). The Kier molecular flexibility index (Phi) is 5.37. The molecule has 3 unspecified atom stereocenters. The van der Waals surface area contributed by atoms with E-state index in [1.165, 1.54) is 0 Å². The van der Waals surface area contributed by atoms with Crippen LogP contribution < -0.4 is 10.6 Å². The van der Waals surface area contributed by atoms with Gasteiger partial charge in [-0.05, 0) is 31.4 Å². The second kappa shape index (κ2) is 7.76. The summed E-state index contributed by atoms with van der Waals surface area (Å²) in [5.74, 6) is 1.57. The molecule has 27 heavy (non-hydrogen) atoms. The number of guanidine groups is 1. The van der Waals surface area contributed by atoms with Crippen molar-refractivity contribution in [3.63, 3.8) is 0 Å². The summed E-state index contributed by atoms with van der Waals surface area (Å²) in [7, 11) is 1.87. The summed E-state index contributed by atoms with van der Waals surface area (Å²) in [6.45, 7) is 8.65. The van der Waals surface area contributed by atoms with Crippen LogP contribution in [0.15, 0.2) is 29.4 Å². The molecule has 2 saturated heterocycles. The van der Waals surface area contributed by atoms with Crippen LogP contribution in [-0.4, -0.2) is 60.8 Å². The van der Waals surface area contributed by atoms with Crippen LogP contribution in [0.4, 0.5) is 0 Å². The zero-order valence-corrected chi connectivity index (χ0v) is 16.8. The molecule has 0 radical (unpaired) electrons. The normalized spacial score (nSPS) is 31.2. The highest BCUT2D eigenvalue weighted by Crippen LogP contribution is 2.52. The van der Waals surface area contributed by atoms with E-state index in [4.69, 9.17) is 4.74 Å². The molecule has 0 aromatic carbocycles. The molecule has 0 amide bonds. The minimum Gasteiger partial charge on any atom is -0.377 e. The van der Waals surface area contributed by atoms with Crippen molar-refractivity contribution in [1.82, 2.24) is 20.5 Å². The van der Waals surface area contributed by atoms with Gasteiger partial charge < -0.3 is 15.4 Å². The molecule has 0 bridgehead atoms. The summed E-state index contributed by atoms with van der Waals surface area (Å²) in [5, 5.41) is 7.36. The Hall–Kier alpha value is -1.66. The average molecular weight is 372 g/mol. The molecule has 3 heterocycles. The van der Waals surface area contributed by atoms with Crippen LogP contribution in [0, 0.1) is 11.3 Å². The van der Waals surface area contributed by atoms with Gasteiger partial charge in [-0.25, -0.2) is 0 Å². The molecule has 1 saturated carbocycles. The molecule has 6 nitrogen and oxygen atoms in total. The van der Waals surface area contributed by atoms with Gasteiger partial charge in [-0.1, -0.05) is 19.9 Å². The lowest BCUT2D eigenvalue weighted by Crippen LogP contribution is -2.68. The second-order valence-corrected chi connectivity index (χ2v) is 8.78. The number of likely N-dealkylation sites (tertiary alicyclic amines) is 1. The molecule has 2 N–H and O–H groups in total. The molecule has 148 valence electrons. The Morgan fingerprint density at radius 2 is 2.07 bits per heavy atom. The molecule has 2 aliphatic heterocycles. The van der Waals surface area contributed by atoms with Crippen LogP contribution in [0.2, 0.25) is 0 Å². The SMILES string of the molecule is CN=C(NC1CCN(Cc2ccccn2)CC1)NC1C2CCOC2C1(C)C. The van der Waals surface area contributed by atoms with Gasteiger partial charge in [0.05, 0.1) is 11.8 Å². The Morgan fingerprint density at radius 3 is 2.78 bits per heavy atom. The smallest absolute Gasteiger partial charge is 0.191 e. The molecular weight excluding hydrogens is 338 g/mol. The van der Waals surface area contributed by atoms with Crippen molar-refractivity contribution in [1.29, 1.82) is 0 Å². The molecule has 3 atom stereocenters. The van der Waals surface area contributed by atoms with Gasteiger partial charge >= 0.3 is 0 Å². The zero-order valence-electron chi connectivity index (χ0n) is 16.8. The first kappa shape index (κ1) is 18.7. The third-order valence-corrected chi connectivity index (χ3v) is 6.66. The van der Waals surface area contributed by atoms with Crippen molar-refractivity contribution in [3.05, 3.63) is 30.1 Å². The average Bonchev–Trinajstić information content (AvgIpc) is 3.14. The molecule has 3 fully saturated rings. The van der Waals surface area contributed by atoms with Gasteiger partial charge in [0, 0.05) is 62.9 Å². The maximum Gasteiger partial charge on any atom is 0.191 e. The van der Waals surface area contributed by atoms with Gasteiger partial charge in [0.15, 0.2) is 5.96 Å². The Labute approximate surface area is 162 Å². The molecule has 3 aliphatic rings. The number of nitrogens with one attached hydrogen (secondary N) is 2. The number of ether oxygens (including phenoxy) is 1. The van der Waals surface area contributed by atoms with E-state index in [9.17, 15) is 0 Å². The van der Waals surface area contributed by atoms with Crippen molar-refractivity contribution < 1.29 is 4.74 Å². The lowest BCUT2D eigenvalue weighted by atomic mass is 9.57. The van der Waals surface area contributed by atoms with Crippen LogP contribution in [0.3, 0.4) is 0 Å². The number of piperidine rings is 1. The van der Waals surface area contributed by atoms with Gasteiger partial charge in [0.2, 0.25) is 0 Å². The topological polar surface area (TPSA) is 61.8 Å². The maximum absolute atomic E-state index is 5.91. The summed E-state index contributed by atoms with van der Waals surface area (Å²) < 4.78 is 5.91. The minimum absolute atomic E-state index is 0.171. The fraction of sp³-hybridized carbons (Fsp3) is 0.714. The summed E-state index contributed by atoms with van der Waals surface area (Å²) in [6.07, 6.45) is 5.71. The largest absolute Gasteiger partial charge is 0.377 e. The van der Waals surface area contributed by atoms with E-state index < -0.39 is 0 Å². The van der Waals surface area contributed by atoms with E-state index in [1.54, 1.807) is 0 Å². The number of rotatable bonds is 4. The van der Waals surface area contributed by atoms with Crippen LogP contribution in [0.25, 0.3) is 0 Å². The monoisotopic (exact) mass is 371 g/mol. The first-order valence-electron chi connectivity index (χ1n) is 10.3. The molecule has 1 aromatic heterocycles. The number of fused-ring (bicyclic) bond motifs is 1. The van der Waals surface area contributed by atoms with Crippen molar-refractivity contribution in [2.45, 2.75) is 57.8 Å². The Balaban J connectivity index is 1.25. The van der Waals surface area contributed by atoms with Crippen LogP contribution in [0.1, 0.15) is 38.8 Å². The first-order chi connectivity index (χ1) is 13.1. The van der Waals surface area contributed by atoms with Crippen molar-refractivity contribution >= 4 is 5.96 Å². The highest BCUT2D eigenvalue weighted by atomic mass is 16.5. The van der Waals surface area contributed by atoms with Crippen molar-refractivity contribution in [3.8, 4) is 0 Å². The zero-order chi connectivity index (χ0) is 18.9. The fourth-order valence-corrected chi connectivity index (χ4v) is 5.08. The quantitative estimate of drug-likeness (QED) is 0.626. The van der Waals surface area contributed by atoms with E-state index in [0.717, 1.165) is 57.2 Å². The van der Waals surface area contributed by atoms with E-state index in [0.29, 0.717) is 24.1 Å². The van der Waals surface area contributed by atoms with Crippen molar-refractivity contribution in [2.24, 2.45) is 16.3 Å². The van der Waals surface area contributed by atoms with Gasteiger partial charge in [-0.3, -0.25) is 14.9 Å². The number of hydrogen-bond donors (Lipinski definition) is 2.